The van der Waals surface area contributed by atoms with Crippen LogP contribution in [0.5, 0.6) is 5.75 Å². The molecule has 2 aromatic rings. The lowest BCUT2D eigenvalue weighted by atomic mass is 10.0. The largest absolute Gasteiger partial charge is 0.494 e. The first-order chi connectivity index (χ1) is 13.7. The average molecular weight is 383 g/mol. The van der Waals surface area contributed by atoms with Crippen molar-refractivity contribution in [1.29, 1.82) is 0 Å². The molecule has 2 N–H and O–H groups in total. The van der Waals surface area contributed by atoms with Gasteiger partial charge in [-0.1, -0.05) is 69.9 Å². The van der Waals surface area contributed by atoms with E-state index in [1.54, 1.807) is 0 Å². The molecule has 0 aliphatic rings. The number of unbranched alkanes of at least 4 members (excludes halogenated alkanes) is 4. The SMILES string of the molecule is CCCCCCCOc1ccc(NCC(=O)NC(CC)c2ccccc2)cc1. The molecule has 0 fully saturated rings. The molecule has 0 aromatic heterocycles. The van der Waals surface area contributed by atoms with Crippen LogP contribution in [0.3, 0.4) is 0 Å². The Morgan fingerprint density at radius 1 is 0.929 bits per heavy atom. The summed E-state index contributed by atoms with van der Waals surface area (Å²) in [5.41, 5.74) is 2.05. The fraction of sp³-hybridized carbons (Fsp3) is 0.458. The number of benzene rings is 2. The number of ether oxygens (including phenoxy) is 1. The van der Waals surface area contributed by atoms with E-state index in [0.29, 0.717) is 0 Å². The van der Waals surface area contributed by atoms with Crippen LogP contribution >= 0.6 is 0 Å². The van der Waals surface area contributed by atoms with E-state index in [1.165, 1.54) is 25.7 Å². The van der Waals surface area contributed by atoms with Gasteiger partial charge in [0.2, 0.25) is 5.91 Å². The van der Waals surface area contributed by atoms with Crippen molar-refractivity contribution in [2.24, 2.45) is 0 Å². The molecule has 0 saturated heterocycles. The zero-order chi connectivity index (χ0) is 20.0. The van der Waals surface area contributed by atoms with Crippen LogP contribution in [-0.2, 0) is 4.79 Å². The molecule has 4 heteroatoms. The van der Waals surface area contributed by atoms with Gasteiger partial charge in [0.25, 0.3) is 0 Å². The standard InChI is InChI=1S/C24H34N2O2/c1-3-5-6-7-11-18-28-22-16-14-21(15-17-22)25-19-24(27)26-23(4-2)20-12-9-8-10-13-20/h8-10,12-17,23,25H,3-7,11,18-19H2,1-2H3,(H,26,27). The van der Waals surface area contributed by atoms with Crippen molar-refractivity contribution >= 4 is 11.6 Å². The van der Waals surface area contributed by atoms with Crippen molar-refractivity contribution in [3.8, 4) is 5.75 Å². The Kier molecular flexibility index (Phi) is 9.98. The van der Waals surface area contributed by atoms with E-state index in [0.717, 1.165) is 36.4 Å². The van der Waals surface area contributed by atoms with Crippen LogP contribution in [-0.4, -0.2) is 19.1 Å². The molecule has 2 rings (SSSR count). The van der Waals surface area contributed by atoms with Crippen molar-refractivity contribution in [3.63, 3.8) is 0 Å². The molecule has 1 unspecified atom stereocenters. The van der Waals surface area contributed by atoms with Crippen molar-refractivity contribution in [1.82, 2.24) is 5.32 Å². The molecule has 1 atom stereocenters. The van der Waals surface area contributed by atoms with Crippen LogP contribution in [0.2, 0.25) is 0 Å². The zero-order valence-corrected chi connectivity index (χ0v) is 17.2. The molecule has 0 bridgehead atoms. The minimum Gasteiger partial charge on any atom is -0.494 e. The normalized spacial score (nSPS) is 11.6. The van der Waals surface area contributed by atoms with Gasteiger partial charge in [0.15, 0.2) is 0 Å². The molecule has 152 valence electrons. The molecule has 0 heterocycles. The lowest BCUT2D eigenvalue weighted by Crippen LogP contribution is -2.33. The summed E-state index contributed by atoms with van der Waals surface area (Å²) in [6.07, 6.45) is 7.04. The van der Waals surface area contributed by atoms with Crippen LogP contribution in [0, 0.1) is 0 Å². The molecule has 1 amide bonds. The number of amides is 1. The van der Waals surface area contributed by atoms with Crippen LogP contribution in [0.15, 0.2) is 54.6 Å². The van der Waals surface area contributed by atoms with Gasteiger partial charge in [0.1, 0.15) is 5.75 Å². The second-order valence-electron chi connectivity index (χ2n) is 7.08. The number of carbonyl (C=O) groups excluding carboxylic acids is 1. The highest BCUT2D eigenvalue weighted by Crippen LogP contribution is 2.17. The summed E-state index contributed by atoms with van der Waals surface area (Å²) in [5.74, 6) is 0.865. The number of hydrogen-bond donors (Lipinski definition) is 2. The van der Waals surface area contributed by atoms with E-state index in [9.17, 15) is 4.79 Å². The molecule has 0 aliphatic heterocycles. The van der Waals surface area contributed by atoms with Gasteiger partial charge >= 0.3 is 0 Å². The average Bonchev–Trinajstić information content (AvgIpc) is 2.74. The summed E-state index contributed by atoms with van der Waals surface area (Å²) in [6.45, 7) is 5.31. The Morgan fingerprint density at radius 3 is 2.32 bits per heavy atom. The predicted molar refractivity (Wildman–Crippen MR) is 117 cm³/mol. The van der Waals surface area contributed by atoms with Gasteiger partial charge in [-0.15, -0.1) is 0 Å². The minimum absolute atomic E-state index is 0.0110. The van der Waals surface area contributed by atoms with Crippen molar-refractivity contribution in [3.05, 3.63) is 60.2 Å². The van der Waals surface area contributed by atoms with Gasteiger partial charge in [-0.25, -0.2) is 0 Å². The minimum atomic E-state index is -0.0110. The van der Waals surface area contributed by atoms with E-state index in [-0.39, 0.29) is 18.5 Å². The van der Waals surface area contributed by atoms with Gasteiger partial charge in [-0.05, 0) is 42.7 Å². The first kappa shape index (κ1) is 21.8. The van der Waals surface area contributed by atoms with Crippen LogP contribution in [0.25, 0.3) is 0 Å². The van der Waals surface area contributed by atoms with Crippen molar-refractivity contribution in [2.75, 3.05) is 18.5 Å². The van der Waals surface area contributed by atoms with E-state index >= 15 is 0 Å². The first-order valence-electron chi connectivity index (χ1n) is 10.5. The molecule has 28 heavy (non-hydrogen) atoms. The van der Waals surface area contributed by atoms with Crippen molar-refractivity contribution < 1.29 is 9.53 Å². The number of hydrogen-bond acceptors (Lipinski definition) is 3. The highest BCUT2D eigenvalue weighted by Gasteiger charge is 2.12. The lowest BCUT2D eigenvalue weighted by molar-refractivity contribution is -0.120. The maximum absolute atomic E-state index is 12.3. The molecule has 4 nitrogen and oxygen atoms in total. The van der Waals surface area contributed by atoms with Crippen LogP contribution in [0.1, 0.15) is 64.0 Å². The zero-order valence-electron chi connectivity index (χ0n) is 17.2. The Labute approximate surface area is 169 Å². The van der Waals surface area contributed by atoms with Gasteiger partial charge in [-0.2, -0.15) is 0 Å². The number of nitrogens with one attached hydrogen (secondary N) is 2. The van der Waals surface area contributed by atoms with E-state index in [2.05, 4.69) is 24.5 Å². The molecule has 0 spiro atoms. The van der Waals surface area contributed by atoms with E-state index in [4.69, 9.17) is 4.74 Å². The Bertz CT molecular complexity index is 671. The van der Waals surface area contributed by atoms with E-state index < -0.39 is 0 Å². The summed E-state index contributed by atoms with van der Waals surface area (Å²) >= 11 is 0. The van der Waals surface area contributed by atoms with Crippen LogP contribution in [0.4, 0.5) is 5.69 Å². The van der Waals surface area contributed by atoms with Gasteiger partial charge < -0.3 is 15.4 Å². The van der Waals surface area contributed by atoms with E-state index in [1.807, 2.05) is 54.6 Å². The van der Waals surface area contributed by atoms with Crippen molar-refractivity contribution in [2.45, 2.75) is 58.4 Å². The predicted octanol–water partition coefficient (Wildman–Crippen LogP) is 5.72. The number of rotatable bonds is 13. The fourth-order valence-corrected chi connectivity index (χ4v) is 3.10. The maximum atomic E-state index is 12.3. The smallest absolute Gasteiger partial charge is 0.239 e. The van der Waals surface area contributed by atoms with Gasteiger partial charge in [0, 0.05) is 5.69 Å². The third kappa shape index (κ3) is 8.03. The third-order valence-corrected chi connectivity index (χ3v) is 4.77. The quantitative estimate of drug-likeness (QED) is 0.436. The Morgan fingerprint density at radius 2 is 1.64 bits per heavy atom. The Hall–Kier alpha value is -2.49. The van der Waals surface area contributed by atoms with Crippen LogP contribution < -0.4 is 15.4 Å². The summed E-state index contributed by atoms with van der Waals surface area (Å²) in [7, 11) is 0. The molecular formula is C24H34N2O2. The van der Waals surface area contributed by atoms with Gasteiger partial charge in [-0.3, -0.25) is 4.79 Å². The molecule has 2 aromatic carbocycles. The third-order valence-electron chi connectivity index (χ3n) is 4.77. The topological polar surface area (TPSA) is 50.4 Å². The second kappa shape index (κ2) is 12.8. The highest BCUT2D eigenvalue weighted by atomic mass is 16.5. The fourth-order valence-electron chi connectivity index (χ4n) is 3.10. The second-order valence-corrected chi connectivity index (χ2v) is 7.08. The lowest BCUT2D eigenvalue weighted by Gasteiger charge is -2.18. The summed E-state index contributed by atoms with van der Waals surface area (Å²) in [5, 5.41) is 6.26. The Balaban J connectivity index is 1.70. The summed E-state index contributed by atoms with van der Waals surface area (Å²) in [4.78, 5) is 12.3. The molecule has 0 aliphatic carbocycles. The first-order valence-corrected chi connectivity index (χ1v) is 10.5. The van der Waals surface area contributed by atoms with Gasteiger partial charge in [0.05, 0.1) is 19.2 Å². The molecular weight excluding hydrogens is 348 g/mol. The number of carbonyl (C=O) groups is 1. The summed E-state index contributed by atoms with van der Waals surface area (Å²) < 4.78 is 5.78. The summed E-state index contributed by atoms with van der Waals surface area (Å²) in [6, 6.07) is 17.9. The maximum Gasteiger partial charge on any atom is 0.239 e. The monoisotopic (exact) mass is 382 g/mol. The molecule has 0 saturated carbocycles. The molecule has 0 radical (unpaired) electrons. The number of anilines is 1. The highest BCUT2D eigenvalue weighted by molar-refractivity contribution is 5.81.